The van der Waals surface area contributed by atoms with Gasteiger partial charge in [-0.05, 0) is 82.4 Å². The second kappa shape index (κ2) is 45.7. The molecule has 358 valence electrons. The van der Waals surface area contributed by atoms with Crippen LogP contribution in [0.15, 0.2) is 47.4 Å². The van der Waals surface area contributed by atoms with Crippen LogP contribution in [0.2, 0.25) is 0 Å². The molecule has 0 aliphatic carbocycles. The molecule has 0 saturated heterocycles. The summed E-state index contributed by atoms with van der Waals surface area (Å²) in [7, 11) is -4.82. The molecule has 0 aromatic heterocycles. The number of esters is 2. The van der Waals surface area contributed by atoms with Gasteiger partial charge in [0.05, 0.1) is 29.2 Å². The van der Waals surface area contributed by atoms with Crippen LogP contribution in [0.3, 0.4) is 0 Å². The van der Waals surface area contributed by atoms with Crippen LogP contribution < -0.4 is 29.6 Å². The minimum atomic E-state index is -4.82. The Morgan fingerprint density at radius 3 is 1.00 bits per heavy atom. The fourth-order valence-corrected chi connectivity index (χ4v) is 8.47. The largest absolute Gasteiger partial charge is 1.00 e. The van der Waals surface area contributed by atoms with E-state index in [0.717, 1.165) is 44.2 Å². The first-order chi connectivity index (χ1) is 30.3. The van der Waals surface area contributed by atoms with Crippen molar-refractivity contribution in [3.05, 3.63) is 53.6 Å². The zero-order chi connectivity index (χ0) is 45.0. The van der Waals surface area contributed by atoms with E-state index < -0.39 is 27.0 Å². The molecule has 1 aromatic rings. The second-order valence-corrected chi connectivity index (χ2v) is 19.2. The van der Waals surface area contributed by atoms with Gasteiger partial charge in [0.25, 0.3) is 0 Å². The van der Waals surface area contributed by atoms with E-state index >= 15 is 0 Å². The third-order valence-corrected chi connectivity index (χ3v) is 12.8. The zero-order valence-electron chi connectivity index (χ0n) is 41.1. The van der Waals surface area contributed by atoms with E-state index in [9.17, 15) is 22.6 Å². The van der Waals surface area contributed by atoms with Gasteiger partial charge in [0, 0.05) is 0 Å². The molecular weight excluding hydrogens is 816 g/mol. The van der Waals surface area contributed by atoms with E-state index in [1.165, 1.54) is 205 Å². The van der Waals surface area contributed by atoms with Crippen molar-refractivity contribution in [2.24, 2.45) is 0 Å². The maximum absolute atomic E-state index is 13.0. The van der Waals surface area contributed by atoms with Gasteiger partial charge in [-0.15, -0.1) is 0 Å². The fourth-order valence-electron chi connectivity index (χ4n) is 7.98. The molecule has 0 heterocycles. The van der Waals surface area contributed by atoms with E-state index in [-0.39, 0.29) is 53.9 Å². The van der Waals surface area contributed by atoms with Crippen LogP contribution in [0.1, 0.15) is 279 Å². The Morgan fingerprint density at radius 1 is 0.429 bits per heavy atom. The summed E-state index contributed by atoms with van der Waals surface area (Å²) < 4.78 is 46.0. The van der Waals surface area contributed by atoms with Gasteiger partial charge in [-0.2, -0.15) is 0 Å². The van der Waals surface area contributed by atoms with Crippen molar-refractivity contribution in [1.29, 1.82) is 0 Å². The van der Waals surface area contributed by atoms with E-state index in [2.05, 4.69) is 38.2 Å². The van der Waals surface area contributed by atoms with Gasteiger partial charge in [-0.25, -0.2) is 18.0 Å². The number of carbonyl (C=O) groups is 2. The third-order valence-electron chi connectivity index (χ3n) is 12.0. The molecule has 0 aliphatic rings. The van der Waals surface area contributed by atoms with Gasteiger partial charge in [0.1, 0.15) is 10.1 Å². The van der Waals surface area contributed by atoms with Gasteiger partial charge in [0.2, 0.25) is 0 Å². The van der Waals surface area contributed by atoms with E-state index in [1.54, 1.807) is 0 Å². The summed E-state index contributed by atoms with van der Waals surface area (Å²) in [5, 5.41) is 0. The quantitative estimate of drug-likeness (QED) is 0.0211. The predicted molar refractivity (Wildman–Crippen MR) is 260 cm³/mol. The van der Waals surface area contributed by atoms with E-state index in [4.69, 9.17) is 9.47 Å². The van der Waals surface area contributed by atoms with Crippen molar-refractivity contribution < 1.29 is 61.6 Å². The third kappa shape index (κ3) is 38.4. The maximum Gasteiger partial charge on any atom is 1.00 e. The van der Waals surface area contributed by atoms with Crippen molar-refractivity contribution in [3.63, 3.8) is 0 Å². The van der Waals surface area contributed by atoms with Crippen molar-refractivity contribution in [2.45, 2.75) is 263 Å². The number of hydrogen-bond donors (Lipinski definition) is 0. The van der Waals surface area contributed by atoms with Crippen LogP contribution in [0.25, 0.3) is 0 Å². The van der Waals surface area contributed by atoms with Gasteiger partial charge in [-0.3, -0.25) is 0 Å². The average molecular weight is 909 g/mol. The summed E-state index contributed by atoms with van der Waals surface area (Å²) in [6.07, 6.45) is 56.5. The van der Waals surface area contributed by atoms with Gasteiger partial charge < -0.3 is 14.0 Å². The summed E-state index contributed by atoms with van der Waals surface area (Å²) in [6.45, 7) is 4.88. The Hall–Kier alpha value is -1.45. The molecule has 0 atom stereocenters. The Labute approximate surface area is 410 Å². The summed E-state index contributed by atoms with van der Waals surface area (Å²) in [5.74, 6) is -1.54. The molecule has 0 unspecified atom stereocenters. The van der Waals surface area contributed by atoms with Crippen molar-refractivity contribution in [1.82, 2.24) is 0 Å². The number of carbonyl (C=O) groups excluding carboxylic acids is 2. The summed E-state index contributed by atoms with van der Waals surface area (Å²) in [5.41, 5.74) is -0.330. The van der Waals surface area contributed by atoms with Crippen molar-refractivity contribution >= 4 is 22.1 Å². The molecule has 7 nitrogen and oxygen atoms in total. The zero-order valence-corrected chi connectivity index (χ0v) is 43.9. The first kappa shape index (κ1) is 61.5. The molecule has 9 heteroatoms. The normalized spacial score (nSPS) is 11.7. The number of allylic oxidation sites excluding steroid dienone is 4. The average Bonchev–Trinajstić information content (AvgIpc) is 3.26. The molecular formula is C54H93NaO7S. The van der Waals surface area contributed by atoms with Gasteiger partial charge in [0.15, 0.2) is 0 Å². The molecule has 0 bridgehead atoms. The van der Waals surface area contributed by atoms with Crippen LogP contribution in [-0.2, 0) is 19.6 Å². The molecule has 63 heavy (non-hydrogen) atoms. The number of unbranched alkanes of at least 4 members (excludes halogenated alkanes) is 34. The summed E-state index contributed by atoms with van der Waals surface area (Å²) in [4.78, 5) is 25.4. The molecule has 1 rings (SSSR count). The standard InChI is InChI=1S/C54H94O7S.Na/c1-3-5-7-9-11-13-15-17-19-21-23-25-27-29-31-33-35-37-39-41-43-47-60-53(55)51-46-45-50(62(57,58)59)49-52(51)54(56)61-48-44-42-40-38-36-34-32-30-28-26-24-22-20-18-16-14-12-10-8-6-4-2;/h11-14,45-46,49H,3-10,15-44,47-48H2,1-2H3,(H,57,58,59);/q;+1/p-1/b13-11+,14-12+;. The molecule has 0 amide bonds. The van der Waals surface area contributed by atoms with E-state index in [1.807, 2.05) is 0 Å². The molecule has 0 aliphatic heterocycles. The summed E-state index contributed by atoms with van der Waals surface area (Å²) in [6, 6.07) is 3.16. The second-order valence-electron chi connectivity index (χ2n) is 17.8. The van der Waals surface area contributed by atoms with Gasteiger partial charge >= 0.3 is 41.5 Å². The van der Waals surface area contributed by atoms with E-state index in [0.29, 0.717) is 12.8 Å². The van der Waals surface area contributed by atoms with Crippen LogP contribution in [-0.4, -0.2) is 38.1 Å². The molecule has 0 saturated carbocycles. The molecule has 0 spiro atoms. The van der Waals surface area contributed by atoms with Crippen molar-refractivity contribution in [2.75, 3.05) is 13.2 Å². The number of benzene rings is 1. The maximum atomic E-state index is 13.0. The molecule has 0 N–H and O–H groups in total. The SMILES string of the molecule is CCCCC/C=C/CCCCCCCCCCCCCCCCOC(=O)c1ccc(S(=O)(=O)[O-])cc1C(=O)OCCCCCCCCCCCCCCCC/C=C/CCCCC.[Na+]. The summed E-state index contributed by atoms with van der Waals surface area (Å²) >= 11 is 0. The van der Waals surface area contributed by atoms with Crippen LogP contribution in [0.5, 0.6) is 0 Å². The fraction of sp³-hybridized carbons (Fsp3) is 0.778. The number of hydrogen-bond acceptors (Lipinski definition) is 7. The molecule has 0 fully saturated rings. The topological polar surface area (TPSA) is 110 Å². The number of rotatable bonds is 45. The Bertz CT molecular complexity index is 1380. The smallest absolute Gasteiger partial charge is 0.744 e. The minimum absolute atomic E-state index is 0. The first-order valence-corrected chi connectivity index (χ1v) is 27.5. The van der Waals surface area contributed by atoms with Crippen LogP contribution in [0, 0.1) is 0 Å². The molecule has 1 aromatic carbocycles. The first-order valence-electron chi connectivity index (χ1n) is 26.0. The Morgan fingerprint density at radius 2 is 0.698 bits per heavy atom. The Kier molecular flexibility index (Phi) is 44.6. The van der Waals surface area contributed by atoms with Crippen LogP contribution >= 0.6 is 0 Å². The predicted octanol–water partition coefficient (Wildman–Crippen LogP) is 13.9. The Balaban J connectivity index is 0.0000384. The van der Waals surface area contributed by atoms with Gasteiger partial charge in [-0.1, -0.05) is 218 Å². The minimum Gasteiger partial charge on any atom is -0.744 e. The number of ether oxygens (including phenoxy) is 2. The molecule has 0 radical (unpaired) electrons. The van der Waals surface area contributed by atoms with Crippen molar-refractivity contribution in [3.8, 4) is 0 Å². The monoisotopic (exact) mass is 909 g/mol. The van der Waals surface area contributed by atoms with Crippen LogP contribution in [0.4, 0.5) is 0 Å².